The molecule has 0 radical (unpaired) electrons. The minimum Gasteiger partial charge on any atom is -0.508 e. The highest BCUT2D eigenvalue weighted by Gasteiger charge is 2.41. The molecule has 4 aromatic rings. The van der Waals surface area contributed by atoms with E-state index in [9.17, 15) is 49.2 Å². The van der Waals surface area contributed by atoms with Crippen molar-refractivity contribution in [1.29, 1.82) is 0 Å². The molecule has 0 saturated carbocycles. The summed E-state index contributed by atoms with van der Waals surface area (Å²) < 4.78 is 60.1. The Morgan fingerprint density at radius 3 is 0.638 bits per heavy atom. The number of thiol groups is 6. The number of hydrogen-bond acceptors (Lipinski definition) is 34. The van der Waals surface area contributed by atoms with E-state index in [0.717, 1.165) is 22.3 Å². The van der Waals surface area contributed by atoms with Gasteiger partial charge in [0.1, 0.15) is 62.6 Å². The van der Waals surface area contributed by atoms with Crippen LogP contribution in [0.1, 0.15) is 72.6 Å². The zero-order valence-corrected chi connectivity index (χ0v) is 64.3. The lowest BCUT2D eigenvalue weighted by molar-refractivity contribution is -0.174. The van der Waals surface area contributed by atoms with Crippen LogP contribution in [-0.4, -0.2) is 280 Å². The van der Waals surface area contributed by atoms with Gasteiger partial charge in [-0.2, -0.15) is 75.8 Å². The Morgan fingerprint density at radius 2 is 0.467 bits per heavy atom. The minimum atomic E-state index is -1.41. The van der Waals surface area contributed by atoms with Crippen molar-refractivity contribution >= 4 is 112 Å². The van der Waals surface area contributed by atoms with Crippen LogP contribution in [0.3, 0.4) is 0 Å². The molecule has 0 atom stereocenters. The monoisotopic (exact) mass is 1600 g/mol. The first-order chi connectivity index (χ1) is 50.6. The third kappa shape index (κ3) is 43.9. The number of nitrogens with one attached hydrogen (secondary N) is 1. The Kier molecular flexibility index (Phi) is 56.1. The Labute approximate surface area is 646 Å². The first-order valence-electron chi connectivity index (χ1n) is 33.6. The lowest BCUT2D eigenvalue weighted by Gasteiger charge is -2.35. The van der Waals surface area contributed by atoms with E-state index >= 15 is 0 Å². The van der Waals surface area contributed by atoms with E-state index < -0.39 is 52.1 Å². The van der Waals surface area contributed by atoms with Crippen molar-refractivity contribution in [3.8, 4) is 23.0 Å². The lowest BCUT2D eigenvalue weighted by Crippen LogP contribution is -2.47. The summed E-state index contributed by atoms with van der Waals surface area (Å²) in [5.41, 5.74) is 0.507. The fraction of sp³-hybridized carbons (Fsp3) is 0.577. The van der Waals surface area contributed by atoms with Gasteiger partial charge in [0.25, 0.3) is 0 Å². The SMILES string of the molecule is O=C(CCS)OCC(COCC(COC(=O)CCS)(COC(=O)CCS)COC(=O)CCS)(COC(=O)CCS)COC(=O)CCS.OCCNCCO.OCCOCC(COCCO)(COCCO)COCCO.Oc1ccc(C(c2ccc(O)cc2)C(c2ccc(O)cc2)c2ccc(O)cc2)cc1. The van der Waals surface area contributed by atoms with Crippen LogP contribution < -0.4 is 5.32 Å². The maximum absolute atomic E-state index is 12.3. The molecule has 0 bridgehead atoms. The molecule has 4 aromatic carbocycles. The van der Waals surface area contributed by atoms with Crippen LogP contribution in [0, 0.1) is 16.2 Å². The van der Waals surface area contributed by atoms with Gasteiger partial charge < -0.3 is 108 Å². The highest BCUT2D eigenvalue weighted by atomic mass is 32.1. The number of aliphatic hydroxyl groups is 6. The molecule has 0 saturated heterocycles. The fourth-order valence-corrected chi connectivity index (χ4v) is 10.3. The summed E-state index contributed by atoms with van der Waals surface area (Å²) in [6, 6.07) is 28.4. The van der Waals surface area contributed by atoms with Crippen LogP contribution in [0.4, 0.5) is 0 Å². The summed E-state index contributed by atoms with van der Waals surface area (Å²) in [6.45, 7) is -0.323. The molecule has 0 aromatic heterocycles. The van der Waals surface area contributed by atoms with Gasteiger partial charge >= 0.3 is 35.8 Å². The van der Waals surface area contributed by atoms with Gasteiger partial charge in [-0.1, -0.05) is 48.5 Å². The Morgan fingerprint density at radius 1 is 0.286 bits per heavy atom. The van der Waals surface area contributed by atoms with Crippen molar-refractivity contribution in [3.05, 3.63) is 119 Å². The van der Waals surface area contributed by atoms with Crippen molar-refractivity contribution in [1.82, 2.24) is 5.32 Å². The molecule has 0 heterocycles. The second kappa shape index (κ2) is 60.4. The van der Waals surface area contributed by atoms with Crippen LogP contribution in [0.15, 0.2) is 97.1 Å². The largest absolute Gasteiger partial charge is 0.508 e. The molecular formula is C71H107NO27S6. The number of aromatic hydroxyl groups is 4. The van der Waals surface area contributed by atoms with Crippen molar-refractivity contribution in [3.63, 3.8) is 0 Å². The summed E-state index contributed by atoms with van der Waals surface area (Å²) in [6.07, 6.45) is -0.113. The van der Waals surface area contributed by atoms with Crippen molar-refractivity contribution in [2.75, 3.05) is 193 Å². The smallest absolute Gasteiger partial charge is 0.306 e. The normalized spacial score (nSPS) is 11.3. The van der Waals surface area contributed by atoms with E-state index in [4.69, 9.17) is 82.7 Å². The maximum Gasteiger partial charge on any atom is 0.306 e. The van der Waals surface area contributed by atoms with Gasteiger partial charge in [-0.3, -0.25) is 28.8 Å². The molecule has 28 nitrogen and oxygen atoms in total. The fourth-order valence-electron chi connectivity index (χ4n) is 9.19. The van der Waals surface area contributed by atoms with E-state index in [-0.39, 0.29) is 253 Å². The van der Waals surface area contributed by atoms with Crippen molar-refractivity contribution in [2.24, 2.45) is 16.2 Å². The molecule has 0 fully saturated rings. The highest BCUT2D eigenvalue weighted by molar-refractivity contribution is 7.81. The van der Waals surface area contributed by atoms with Gasteiger partial charge in [0.05, 0.1) is 160 Å². The quantitative estimate of drug-likeness (QED) is 0.0127. The van der Waals surface area contributed by atoms with Crippen LogP contribution in [0.5, 0.6) is 23.0 Å². The first kappa shape index (κ1) is 97.5. The van der Waals surface area contributed by atoms with Gasteiger partial charge in [-0.15, -0.1) is 0 Å². The molecule has 0 aliphatic carbocycles. The third-order valence-corrected chi connectivity index (χ3v) is 15.8. The second-order valence-electron chi connectivity index (χ2n) is 23.4. The maximum atomic E-state index is 12.3. The predicted octanol–water partition coefficient (Wildman–Crippen LogP) is 4.20. The summed E-state index contributed by atoms with van der Waals surface area (Å²) in [5, 5.41) is 93.4. The third-order valence-electron chi connectivity index (χ3n) is 14.4. The van der Waals surface area contributed by atoms with Crippen molar-refractivity contribution < 1.29 is 132 Å². The Balaban J connectivity index is 0.000000805. The van der Waals surface area contributed by atoms with Gasteiger partial charge in [0, 0.05) is 59.4 Å². The van der Waals surface area contributed by atoms with Crippen LogP contribution >= 0.6 is 75.8 Å². The zero-order valence-electron chi connectivity index (χ0n) is 58.9. The number of ether oxygens (including phenoxy) is 11. The molecule has 34 heteroatoms. The molecule has 4 rings (SSSR count). The highest BCUT2D eigenvalue weighted by Crippen LogP contribution is 2.44. The molecule has 105 heavy (non-hydrogen) atoms. The molecule has 0 aliphatic heterocycles. The minimum absolute atomic E-state index is 0.0189. The number of esters is 6. The van der Waals surface area contributed by atoms with Gasteiger partial charge in [0.2, 0.25) is 0 Å². The Hall–Kier alpha value is -5.48. The molecule has 594 valence electrons. The number of carbonyl (C=O) groups is 6. The van der Waals surface area contributed by atoms with Gasteiger partial charge in [-0.05, 0) is 70.8 Å². The average Bonchev–Trinajstić information content (AvgIpc) is 0.783. The van der Waals surface area contributed by atoms with Crippen LogP contribution in [-0.2, 0) is 80.9 Å². The summed E-state index contributed by atoms with van der Waals surface area (Å²) in [7, 11) is 0. The molecule has 0 amide bonds. The number of phenolic OH excluding ortho intramolecular Hbond substituents is 4. The van der Waals surface area contributed by atoms with Crippen molar-refractivity contribution in [2.45, 2.75) is 50.4 Å². The standard InChI is InChI=1S/C28H46O13S6.C26H22O4.C13H28O8.C4H11NO2/c29-21(1-7-42)36-15-27(16-37-22(30)2-8-43,17-38-23(31)3-9-44)13-35-14-28(18-39-24(32)4-10-45,19-40-25(33)5-11-46)20-41-26(34)6-12-47;27-21-9-1-17(2-10-21)25(18-3-11-22(28)12-4-18)26(19-5-13-23(29)14-6-19)20-7-15-24(30)16-8-20;14-1-5-18-9-13(10-19-6-2-15,11-20-7-3-16)12-21-8-4-17;6-3-1-5-2-4-7/h42-47H,1-20H2;1-16,25-30H;14-17H,1-12H2;5-7H,1-4H2. The first-order valence-corrected chi connectivity index (χ1v) is 37.4. The summed E-state index contributed by atoms with van der Waals surface area (Å²) in [5.74, 6) is -1.89. The molecule has 11 N–H and O–H groups in total. The van der Waals surface area contributed by atoms with Gasteiger partial charge in [-0.25, -0.2) is 0 Å². The number of carbonyl (C=O) groups excluding carboxylic acids is 6. The summed E-state index contributed by atoms with van der Waals surface area (Å²) in [4.78, 5) is 73.8. The number of hydrogen-bond donors (Lipinski definition) is 17. The number of benzene rings is 4. The number of phenols is 4. The van der Waals surface area contributed by atoms with Crippen LogP contribution in [0.2, 0.25) is 0 Å². The van der Waals surface area contributed by atoms with E-state index in [2.05, 4.69) is 81.1 Å². The molecule has 0 unspecified atom stereocenters. The average molecular weight is 1600 g/mol. The Bertz CT molecular complexity index is 2510. The second-order valence-corrected chi connectivity index (χ2v) is 26.1. The zero-order chi connectivity index (χ0) is 78.0. The number of aliphatic hydroxyl groups excluding tert-OH is 6. The molecular weight excluding hydrogens is 1490 g/mol. The number of rotatable bonds is 53. The molecule has 0 aliphatic rings. The van der Waals surface area contributed by atoms with Gasteiger partial charge in [0.15, 0.2) is 0 Å². The van der Waals surface area contributed by atoms with E-state index in [1.807, 2.05) is 48.5 Å². The van der Waals surface area contributed by atoms with Crippen LogP contribution in [0.25, 0.3) is 0 Å². The predicted molar refractivity (Wildman–Crippen MR) is 409 cm³/mol. The van der Waals surface area contributed by atoms with E-state index in [0.29, 0.717) is 13.1 Å². The van der Waals surface area contributed by atoms with E-state index in [1.54, 1.807) is 48.5 Å². The van der Waals surface area contributed by atoms with E-state index in [1.165, 1.54) is 0 Å². The lowest BCUT2D eigenvalue weighted by atomic mass is 9.73. The summed E-state index contributed by atoms with van der Waals surface area (Å²) >= 11 is 24.2. The molecule has 0 spiro atoms. The topological polar surface area (TPSA) is 418 Å².